The van der Waals surface area contributed by atoms with Gasteiger partial charge in [0.1, 0.15) is 0 Å². The molecule has 322 valence electrons. The van der Waals surface area contributed by atoms with Crippen LogP contribution in [0, 0.1) is 0 Å². The molecular formula is C63H44N4S. The van der Waals surface area contributed by atoms with Crippen molar-refractivity contribution in [3.8, 4) is 11.4 Å². The number of hydrogen-bond acceptors (Lipinski definition) is 3. The summed E-state index contributed by atoms with van der Waals surface area (Å²) in [6, 6.07) is 84.8. The summed E-state index contributed by atoms with van der Waals surface area (Å²) in [5, 5.41) is 7.66. The van der Waals surface area contributed by atoms with Crippen LogP contribution in [0.2, 0.25) is 0 Å². The maximum absolute atomic E-state index is 2.44. The normalized spacial score (nSPS) is 13.2. The zero-order chi connectivity index (χ0) is 45.1. The van der Waals surface area contributed by atoms with Crippen molar-refractivity contribution in [1.29, 1.82) is 0 Å². The molecule has 0 aliphatic carbocycles. The highest BCUT2D eigenvalue weighted by Gasteiger charge is 2.36. The lowest BCUT2D eigenvalue weighted by Crippen LogP contribution is -2.30. The highest BCUT2D eigenvalue weighted by molar-refractivity contribution is 7.26. The molecule has 1 aliphatic rings. The van der Waals surface area contributed by atoms with Gasteiger partial charge in [0, 0.05) is 81.3 Å². The van der Waals surface area contributed by atoms with Crippen molar-refractivity contribution in [3.63, 3.8) is 0 Å². The van der Waals surface area contributed by atoms with Gasteiger partial charge in [0.25, 0.3) is 0 Å². The van der Waals surface area contributed by atoms with Gasteiger partial charge in [0.2, 0.25) is 0 Å². The second kappa shape index (κ2) is 14.8. The van der Waals surface area contributed by atoms with Gasteiger partial charge in [-0.3, -0.25) is 0 Å². The van der Waals surface area contributed by atoms with Gasteiger partial charge in [-0.2, -0.15) is 0 Å². The van der Waals surface area contributed by atoms with E-state index in [-0.39, 0.29) is 5.41 Å². The van der Waals surface area contributed by atoms with Crippen LogP contribution in [0.4, 0.5) is 34.1 Å². The molecule has 0 unspecified atom stereocenters. The van der Waals surface area contributed by atoms with E-state index in [1.165, 1.54) is 86.3 Å². The van der Waals surface area contributed by atoms with Crippen molar-refractivity contribution in [2.24, 2.45) is 0 Å². The van der Waals surface area contributed by atoms with Crippen LogP contribution in [-0.4, -0.2) is 9.13 Å². The average Bonchev–Trinajstić information content (AvgIpc) is 4.05. The van der Waals surface area contributed by atoms with E-state index in [1.807, 2.05) is 11.3 Å². The predicted molar refractivity (Wildman–Crippen MR) is 290 cm³/mol. The summed E-state index contributed by atoms with van der Waals surface area (Å²) in [6.45, 7) is 4.68. The molecule has 3 aromatic heterocycles. The van der Waals surface area contributed by atoms with E-state index in [0.29, 0.717) is 0 Å². The molecule has 13 aromatic rings. The van der Waals surface area contributed by atoms with E-state index >= 15 is 0 Å². The van der Waals surface area contributed by atoms with Gasteiger partial charge in [0.05, 0.1) is 33.4 Å². The Bertz CT molecular complexity index is 4070. The van der Waals surface area contributed by atoms with Crippen molar-refractivity contribution in [3.05, 3.63) is 242 Å². The summed E-state index contributed by atoms with van der Waals surface area (Å²) in [5.74, 6) is 0. The summed E-state index contributed by atoms with van der Waals surface area (Å²) < 4.78 is 7.49. The molecule has 68 heavy (non-hydrogen) atoms. The fourth-order valence-corrected chi connectivity index (χ4v) is 12.6. The van der Waals surface area contributed by atoms with Crippen molar-refractivity contribution >= 4 is 109 Å². The first kappa shape index (κ1) is 38.8. The number of benzene rings is 10. The van der Waals surface area contributed by atoms with Crippen LogP contribution in [0.5, 0.6) is 0 Å². The molecule has 5 heteroatoms. The Morgan fingerprint density at radius 1 is 0.368 bits per heavy atom. The van der Waals surface area contributed by atoms with Gasteiger partial charge in [-0.15, -0.1) is 11.3 Å². The molecule has 4 heterocycles. The third kappa shape index (κ3) is 5.66. The lowest BCUT2D eigenvalue weighted by atomic mass is 9.73. The molecule has 14 rings (SSSR count). The Hall–Kier alpha value is -8.38. The van der Waals surface area contributed by atoms with Gasteiger partial charge >= 0.3 is 0 Å². The fraction of sp³-hybridized carbons (Fsp3) is 0.0476. The second-order valence-electron chi connectivity index (χ2n) is 18.5. The molecule has 0 atom stereocenters. The van der Waals surface area contributed by atoms with Gasteiger partial charge in [-0.25, -0.2) is 0 Å². The SMILES string of the molecule is CC1(C)c2ccccc2N(c2ccc(N(c3ccc(-n4c5ccccc5c5c6sc7ccccc7c6ccc54)cc3)c3ccc4c(c3)c3ccccc3n4-c3ccccc3)cc2)c2ccccc21. The molecule has 0 saturated heterocycles. The van der Waals surface area contributed by atoms with E-state index < -0.39 is 0 Å². The number of thiophene rings is 1. The topological polar surface area (TPSA) is 16.3 Å². The lowest BCUT2D eigenvalue weighted by Gasteiger charge is -2.42. The van der Waals surface area contributed by atoms with Crippen LogP contribution in [0.15, 0.2) is 231 Å². The maximum atomic E-state index is 2.44. The number of hydrogen-bond donors (Lipinski definition) is 0. The third-order valence-corrected chi connectivity index (χ3v) is 15.7. The molecule has 4 nitrogen and oxygen atoms in total. The minimum absolute atomic E-state index is 0.126. The standard InChI is InChI=1S/C63H44N4S/c1-63(2)52-21-9-13-25-57(52)67(58-26-14-10-22-53(58)63)45-34-30-43(31-35-45)64(46-36-38-56-51(40-46)47-18-6-11-23-54(47)65(56)41-16-4-3-5-17-41)42-28-32-44(33-29-42)66-55-24-12-7-20-50(55)61-59(66)39-37-49-48-19-8-15-27-60(48)68-62(49)61/h3-40H,1-2H3. The van der Waals surface area contributed by atoms with Crippen LogP contribution in [0.25, 0.3) is 75.2 Å². The van der Waals surface area contributed by atoms with Crippen molar-refractivity contribution in [2.45, 2.75) is 19.3 Å². The van der Waals surface area contributed by atoms with Crippen LogP contribution in [0.3, 0.4) is 0 Å². The van der Waals surface area contributed by atoms with Crippen LogP contribution in [-0.2, 0) is 5.41 Å². The van der Waals surface area contributed by atoms with Gasteiger partial charge < -0.3 is 18.9 Å². The number of rotatable bonds is 6. The summed E-state index contributed by atoms with van der Waals surface area (Å²) in [5.41, 5.74) is 16.4. The first-order valence-corrected chi connectivity index (χ1v) is 24.2. The van der Waals surface area contributed by atoms with Crippen molar-refractivity contribution in [1.82, 2.24) is 9.13 Å². The smallest absolute Gasteiger partial charge is 0.0555 e. The molecule has 0 bridgehead atoms. The van der Waals surface area contributed by atoms with Crippen LogP contribution >= 0.6 is 11.3 Å². The maximum Gasteiger partial charge on any atom is 0.0555 e. The van der Waals surface area contributed by atoms with E-state index in [4.69, 9.17) is 0 Å². The first-order valence-electron chi connectivity index (χ1n) is 23.4. The van der Waals surface area contributed by atoms with E-state index in [2.05, 4.69) is 263 Å². The summed E-state index contributed by atoms with van der Waals surface area (Å²) in [6.07, 6.45) is 0. The summed E-state index contributed by atoms with van der Waals surface area (Å²) in [4.78, 5) is 4.84. The molecule has 0 N–H and O–H groups in total. The molecular weight excluding hydrogens is 845 g/mol. The van der Waals surface area contributed by atoms with Crippen LogP contribution < -0.4 is 9.80 Å². The Morgan fingerprint density at radius 3 is 1.57 bits per heavy atom. The molecule has 0 amide bonds. The molecule has 0 radical (unpaired) electrons. The molecule has 0 spiro atoms. The molecule has 0 fully saturated rings. The van der Waals surface area contributed by atoms with Gasteiger partial charge in [-0.05, 0) is 126 Å². The highest BCUT2D eigenvalue weighted by atomic mass is 32.1. The number of aromatic nitrogens is 2. The lowest BCUT2D eigenvalue weighted by molar-refractivity contribution is 0.632. The van der Waals surface area contributed by atoms with E-state index in [0.717, 1.165) is 34.1 Å². The number of para-hydroxylation sites is 5. The third-order valence-electron chi connectivity index (χ3n) is 14.5. The Balaban J connectivity index is 0.937. The number of anilines is 6. The molecule has 0 saturated carbocycles. The first-order chi connectivity index (χ1) is 33.5. The zero-order valence-corrected chi connectivity index (χ0v) is 38.5. The number of nitrogens with zero attached hydrogens (tertiary/aromatic N) is 4. The molecule has 10 aromatic carbocycles. The van der Waals surface area contributed by atoms with Crippen molar-refractivity contribution in [2.75, 3.05) is 9.80 Å². The van der Waals surface area contributed by atoms with Gasteiger partial charge in [-0.1, -0.05) is 129 Å². The average molecular weight is 889 g/mol. The summed E-state index contributed by atoms with van der Waals surface area (Å²) in [7, 11) is 0. The van der Waals surface area contributed by atoms with E-state index in [1.54, 1.807) is 0 Å². The Labute approximate surface area is 398 Å². The highest BCUT2D eigenvalue weighted by Crippen LogP contribution is 2.52. The van der Waals surface area contributed by atoms with Crippen molar-refractivity contribution < 1.29 is 0 Å². The fourth-order valence-electron chi connectivity index (χ4n) is 11.4. The van der Waals surface area contributed by atoms with Crippen LogP contribution in [0.1, 0.15) is 25.0 Å². The number of fused-ring (bicyclic) bond motifs is 12. The quantitative estimate of drug-likeness (QED) is 0.165. The Kier molecular flexibility index (Phi) is 8.46. The summed E-state index contributed by atoms with van der Waals surface area (Å²) >= 11 is 1.90. The van der Waals surface area contributed by atoms with E-state index in [9.17, 15) is 0 Å². The Morgan fingerprint density at radius 2 is 0.868 bits per heavy atom. The monoisotopic (exact) mass is 888 g/mol. The predicted octanol–water partition coefficient (Wildman–Crippen LogP) is 17.8. The zero-order valence-electron chi connectivity index (χ0n) is 37.6. The minimum atomic E-state index is -0.126. The largest absolute Gasteiger partial charge is 0.310 e. The van der Waals surface area contributed by atoms with Gasteiger partial charge in [0.15, 0.2) is 0 Å². The molecule has 1 aliphatic heterocycles. The minimum Gasteiger partial charge on any atom is -0.310 e. The second-order valence-corrected chi connectivity index (χ2v) is 19.6.